The van der Waals surface area contributed by atoms with Crippen LogP contribution in [-0.2, 0) is 32.6 Å². The zero-order chi connectivity index (χ0) is 32.6. The SMILES string of the molecule is CCCNC(=O)C(Cc1ccccc1)N(Cc1ccc(Cl)cc1)C(=O)CN(c1cc(Cl)cc(Cl)c1)S(=O)(=O)c1ccc(C)cc1. The second kappa shape index (κ2) is 15.6. The monoisotopic (exact) mass is 685 g/mol. The van der Waals surface area contributed by atoms with Crippen molar-refractivity contribution < 1.29 is 18.0 Å². The van der Waals surface area contributed by atoms with Crippen LogP contribution in [0.25, 0.3) is 0 Å². The van der Waals surface area contributed by atoms with Crippen LogP contribution in [0.5, 0.6) is 0 Å². The maximum atomic E-state index is 14.5. The molecule has 7 nitrogen and oxygen atoms in total. The van der Waals surface area contributed by atoms with Gasteiger partial charge in [-0.25, -0.2) is 8.42 Å². The summed E-state index contributed by atoms with van der Waals surface area (Å²) in [6.07, 6.45) is 0.913. The lowest BCUT2D eigenvalue weighted by molar-refractivity contribution is -0.140. The van der Waals surface area contributed by atoms with Crippen molar-refractivity contribution in [3.05, 3.63) is 129 Å². The number of benzene rings is 4. The van der Waals surface area contributed by atoms with E-state index in [9.17, 15) is 18.0 Å². The molecule has 0 saturated carbocycles. The van der Waals surface area contributed by atoms with Crippen LogP contribution in [0.4, 0.5) is 5.69 Å². The standard InChI is InChI=1S/C34H34Cl3N3O4S/c1-3-17-38-34(42)32(18-25-7-5-4-6-8-25)39(22-26-11-13-27(35)14-12-26)33(41)23-40(30-20-28(36)19-29(37)21-30)45(43,44)31-15-9-24(2)10-16-31/h4-16,19-21,32H,3,17-18,22-23H2,1-2H3,(H,38,42). The van der Waals surface area contributed by atoms with Gasteiger partial charge in [0.1, 0.15) is 12.6 Å². The highest BCUT2D eigenvalue weighted by Gasteiger charge is 2.34. The summed E-state index contributed by atoms with van der Waals surface area (Å²) in [7, 11) is -4.28. The van der Waals surface area contributed by atoms with E-state index in [0.29, 0.717) is 23.6 Å². The number of sulfonamides is 1. The van der Waals surface area contributed by atoms with Crippen LogP contribution in [0.1, 0.15) is 30.0 Å². The van der Waals surface area contributed by atoms with Crippen molar-refractivity contribution in [2.24, 2.45) is 0 Å². The summed E-state index contributed by atoms with van der Waals surface area (Å²) in [5, 5.41) is 3.85. The molecule has 0 radical (unpaired) electrons. The van der Waals surface area contributed by atoms with E-state index >= 15 is 0 Å². The first-order valence-corrected chi connectivity index (χ1v) is 17.0. The van der Waals surface area contributed by atoms with Crippen molar-refractivity contribution in [1.29, 1.82) is 0 Å². The second-order valence-corrected chi connectivity index (χ2v) is 13.8. The normalized spacial score (nSPS) is 11.9. The summed E-state index contributed by atoms with van der Waals surface area (Å²) >= 11 is 18.7. The van der Waals surface area contributed by atoms with Crippen LogP contribution in [0.15, 0.2) is 102 Å². The van der Waals surface area contributed by atoms with E-state index in [1.165, 1.54) is 35.2 Å². The minimum absolute atomic E-state index is 0.0113. The summed E-state index contributed by atoms with van der Waals surface area (Å²) in [6.45, 7) is 3.61. The lowest BCUT2D eigenvalue weighted by atomic mass is 10.0. The Balaban J connectivity index is 1.81. The zero-order valence-corrected chi connectivity index (χ0v) is 28.0. The van der Waals surface area contributed by atoms with Gasteiger partial charge in [-0.3, -0.25) is 13.9 Å². The quantitative estimate of drug-likeness (QED) is 0.160. The molecule has 2 amide bonds. The average molecular weight is 687 g/mol. The van der Waals surface area contributed by atoms with Gasteiger partial charge in [0.15, 0.2) is 0 Å². The highest BCUT2D eigenvalue weighted by molar-refractivity contribution is 7.92. The Hall–Kier alpha value is -3.56. The van der Waals surface area contributed by atoms with Crippen molar-refractivity contribution in [2.75, 3.05) is 17.4 Å². The van der Waals surface area contributed by atoms with Gasteiger partial charge >= 0.3 is 0 Å². The Morgan fingerprint density at radius 3 is 2.02 bits per heavy atom. The predicted octanol–water partition coefficient (Wildman–Crippen LogP) is 7.32. The zero-order valence-electron chi connectivity index (χ0n) is 24.9. The molecular weight excluding hydrogens is 653 g/mol. The fourth-order valence-corrected chi connectivity index (χ4v) is 6.79. The number of aryl methyl sites for hydroxylation is 1. The molecule has 236 valence electrons. The lowest BCUT2D eigenvalue weighted by Crippen LogP contribution is -2.53. The third-order valence-corrected chi connectivity index (χ3v) is 9.59. The predicted molar refractivity (Wildman–Crippen MR) is 181 cm³/mol. The van der Waals surface area contributed by atoms with Crippen LogP contribution in [-0.4, -0.2) is 44.3 Å². The molecule has 0 saturated heterocycles. The van der Waals surface area contributed by atoms with E-state index in [2.05, 4.69) is 5.32 Å². The van der Waals surface area contributed by atoms with Gasteiger partial charge in [0.05, 0.1) is 10.6 Å². The van der Waals surface area contributed by atoms with Gasteiger partial charge in [0.2, 0.25) is 11.8 Å². The van der Waals surface area contributed by atoms with E-state index in [1.54, 1.807) is 36.4 Å². The maximum absolute atomic E-state index is 14.5. The number of anilines is 1. The fourth-order valence-electron chi connectivity index (χ4n) is 4.76. The molecule has 0 spiro atoms. The number of hydrogen-bond acceptors (Lipinski definition) is 4. The fraction of sp³-hybridized carbons (Fsp3) is 0.235. The number of carbonyl (C=O) groups excluding carboxylic acids is 2. The van der Waals surface area contributed by atoms with Crippen LogP contribution in [0.3, 0.4) is 0 Å². The Morgan fingerprint density at radius 1 is 0.800 bits per heavy atom. The molecular formula is C34H34Cl3N3O4S. The summed E-state index contributed by atoms with van der Waals surface area (Å²) < 4.78 is 29.2. The largest absolute Gasteiger partial charge is 0.354 e. The molecule has 0 aromatic heterocycles. The molecule has 1 unspecified atom stereocenters. The van der Waals surface area contributed by atoms with Gasteiger partial charge < -0.3 is 10.2 Å². The highest BCUT2D eigenvalue weighted by atomic mass is 35.5. The van der Waals surface area contributed by atoms with Gasteiger partial charge in [0, 0.05) is 34.6 Å². The highest BCUT2D eigenvalue weighted by Crippen LogP contribution is 2.30. The first-order valence-electron chi connectivity index (χ1n) is 14.4. The van der Waals surface area contributed by atoms with Crippen LogP contribution in [0.2, 0.25) is 15.1 Å². The van der Waals surface area contributed by atoms with E-state index in [0.717, 1.165) is 15.4 Å². The Labute approximate surface area is 279 Å². The molecule has 0 bridgehead atoms. The molecule has 1 N–H and O–H groups in total. The third kappa shape index (κ3) is 9.23. The minimum atomic E-state index is -4.28. The number of hydrogen-bond donors (Lipinski definition) is 1. The molecule has 1 atom stereocenters. The molecule has 4 rings (SSSR count). The molecule has 4 aromatic carbocycles. The maximum Gasteiger partial charge on any atom is 0.264 e. The van der Waals surface area contributed by atoms with Gasteiger partial charge in [0.25, 0.3) is 10.0 Å². The Bertz CT molecular complexity index is 1700. The molecule has 4 aromatic rings. The van der Waals surface area contributed by atoms with E-state index < -0.39 is 28.5 Å². The third-order valence-electron chi connectivity index (χ3n) is 7.11. The number of nitrogens with zero attached hydrogens (tertiary/aromatic N) is 2. The van der Waals surface area contributed by atoms with E-state index in [-0.39, 0.29) is 39.5 Å². The first-order chi connectivity index (χ1) is 21.5. The van der Waals surface area contributed by atoms with Gasteiger partial charge in [-0.15, -0.1) is 0 Å². The van der Waals surface area contributed by atoms with Crippen LogP contribution < -0.4 is 9.62 Å². The summed E-state index contributed by atoms with van der Waals surface area (Å²) in [5.41, 5.74) is 2.54. The lowest BCUT2D eigenvalue weighted by Gasteiger charge is -2.34. The molecule has 0 fully saturated rings. The van der Waals surface area contributed by atoms with Crippen molar-refractivity contribution >= 4 is 62.3 Å². The smallest absolute Gasteiger partial charge is 0.264 e. The van der Waals surface area contributed by atoms with E-state index in [1.807, 2.05) is 44.2 Å². The molecule has 0 aliphatic rings. The molecule has 45 heavy (non-hydrogen) atoms. The second-order valence-electron chi connectivity index (χ2n) is 10.6. The average Bonchev–Trinajstić information content (AvgIpc) is 3.01. The van der Waals surface area contributed by atoms with Crippen LogP contribution in [0, 0.1) is 6.92 Å². The van der Waals surface area contributed by atoms with E-state index in [4.69, 9.17) is 34.8 Å². The van der Waals surface area contributed by atoms with Crippen molar-refractivity contribution in [1.82, 2.24) is 10.2 Å². The minimum Gasteiger partial charge on any atom is -0.354 e. The summed E-state index contributed by atoms with van der Waals surface area (Å²) in [4.78, 5) is 29.6. The van der Waals surface area contributed by atoms with Gasteiger partial charge in [-0.1, -0.05) is 102 Å². The summed E-state index contributed by atoms with van der Waals surface area (Å²) in [6, 6.07) is 26.0. The van der Waals surface area contributed by atoms with Gasteiger partial charge in [-0.2, -0.15) is 0 Å². The number of nitrogens with one attached hydrogen (secondary N) is 1. The van der Waals surface area contributed by atoms with Crippen molar-refractivity contribution in [3.63, 3.8) is 0 Å². The molecule has 0 aliphatic carbocycles. The number of rotatable bonds is 13. The number of amides is 2. The Kier molecular flexibility index (Phi) is 11.9. The molecule has 11 heteroatoms. The molecule has 0 aliphatic heterocycles. The Morgan fingerprint density at radius 2 is 1.42 bits per heavy atom. The topological polar surface area (TPSA) is 86.8 Å². The number of halogens is 3. The molecule has 0 heterocycles. The first kappa shape index (κ1) is 34.3. The van der Waals surface area contributed by atoms with Crippen molar-refractivity contribution in [2.45, 2.75) is 44.2 Å². The van der Waals surface area contributed by atoms with Gasteiger partial charge in [-0.05, 0) is 66.9 Å². The summed E-state index contributed by atoms with van der Waals surface area (Å²) in [5.74, 6) is -0.939. The van der Waals surface area contributed by atoms with Crippen molar-refractivity contribution in [3.8, 4) is 0 Å². The number of carbonyl (C=O) groups is 2. The van der Waals surface area contributed by atoms with Crippen LogP contribution >= 0.6 is 34.8 Å².